The Labute approximate surface area is 191 Å². The number of hydrogen-bond acceptors (Lipinski definition) is 5. The Hall–Kier alpha value is -2.64. The fourth-order valence-electron chi connectivity index (χ4n) is 3.56. The number of benzene rings is 2. The summed E-state index contributed by atoms with van der Waals surface area (Å²) < 4.78 is 6.67. The van der Waals surface area contributed by atoms with Crippen LogP contribution in [-0.4, -0.2) is 59.9 Å². The lowest BCUT2D eigenvalue weighted by atomic mass is 9.95. The van der Waals surface area contributed by atoms with Gasteiger partial charge in [0.1, 0.15) is 11.5 Å². The maximum atomic E-state index is 13.0. The number of likely N-dealkylation sites (tertiary alicyclic amines) is 1. The summed E-state index contributed by atoms with van der Waals surface area (Å²) in [6.45, 7) is 4.81. The SMILES string of the molecule is CC(C)Oc1cccc(C2/C(=C(/O)c3ccc(Br)cc3)C(=O)C(=O)N2CCN(C)C)c1. The molecule has 6 nitrogen and oxygen atoms in total. The molecule has 1 N–H and O–H groups in total. The van der Waals surface area contributed by atoms with E-state index in [9.17, 15) is 14.7 Å². The average molecular weight is 487 g/mol. The quantitative estimate of drug-likeness (QED) is 0.360. The van der Waals surface area contributed by atoms with Crippen molar-refractivity contribution in [3.05, 3.63) is 69.7 Å². The molecule has 164 valence electrons. The second kappa shape index (κ2) is 9.66. The van der Waals surface area contributed by atoms with Crippen LogP contribution in [0.1, 0.15) is 31.0 Å². The number of carbonyl (C=O) groups excluding carboxylic acids is 2. The number of rotatable bonds is 7. The van der Waals surface area contributed by atoms with Gasteiger partial charge >= 0.3 is 0 Å². The number of halogens is 1. The van der Waals surface area contributed by atoms with Crippen LogP contribution in [0.3, 0.4) is 0 Å². The molecule has 0 aromatic heterocycles. The first-order valence-corrected chi connectivity index (χ1v) is 10.9. The number of likely N-dealkylation sites (N-methyl/N-ethyl adjacent to an activating group) is 1. The van der Waals surface area contributed by atoms with E-state index < -0.39 is 17.7 Å². The predicted molar refractivity (Wildman–Crippen MR) is 124 cm³/mol. The summed E-state index contributed by atoms with van der Waals surface area (Å²) in [6, 6.07) is 13.6. The van der Waals surface area contributed by atoms with Crippen LogP contribution in [0.25, 0.3) is 5.76 Å². The van der Waals surface area contributed by atoms with Gasteiger partial charge in [-0.25, -0.2) is 0 Å². The summed E-state index contributed by atoms with van der Waals surface area (Å²) >= 11 is 3.37. The van der Waals surface area contributed by atoms with Crippen molar-refractivity contribution in [2.24, 2.45) is 0 Å². The monoisotopic (exact) mass is 486 g/mol. The lowest BCUT2D eigenvalue weighted by Crippen LogP contribution is -2.35. The number of hydrogen-bond donors (Lipinski definition) is 1. The fourth-order valence-corrected chi connectivity index (χ4v) is 3.82. The fraction of sp³-hybridized carbons (Fsp3) is 0.333. The molecule has 2 aromatic rings. The number of aliphatic hydroxyl groups is 1. The van der Waals surface area contributed by atoms with E-state index in [0.29, 0.717) is 24.4 Å². The molecular formula is C24H27BrN2O4. The molecule has 1 heterocycles. The van der Waals surface area contributed by atoms with Crippen LogP contribution in [0.2, 0.25) is 0 Å². The molecule has 0 bridgehead atoms. The first kappa shape index (κ1) is 23.0. The number of aliphatic hydroxyl groups excluding tert-OH is 1. The van der Waals surface area contributed by atoms with Crippen LogP contribution in [-0.2, 0) is 9.59 Å². The third-order valence-corrected chi connectivity index (χ3v) is 5.52. The molecular weight excluding hydrogens is 460 g/mol. The van der Waals surface area contributed by atoms with E-state index in [1.165, 1.54) is 4.90 Å². The molecule has 1 aliphatic heterocycles. The largest absolute Gasteiger partial charge is 0.507 e. The maximum Gasteiger partial charge on any atom is 0.295 e. The smallest absolute Gasteiger partial charge is 0.295 e. The predicted octanol–water partition coefficient (Wildman–Crippen LogP) is 4.22. The highest BCUT2D eigenvalue weighted by Crippen LogP contribution is 2.40. The van der Waals surface area contributed by atoms with E-state index in [1.54, 1.807) is 24.3 Å². The van der Waals surface area contributed by atoms with Gasteiger partial charge in [0.25, 0.3) is 11.7 Å². The second-order valence-electron chi connectivity index (χ2n) is 8.04. The van der Waals surface area contributed by atoms with Gasteiger partial charge in [-0.15, -0.1) is 0 Å². The Morgan fingerprint density at radius 2 is 1.84 bits per heavy atom. The van der Waals surface area contributed by atoms with Crippen LogP contribution < -0.4 is 4.74 Å². The molecule has 1 atom stereocenters. The van der Waals surface area contributed by atoms with Crippen molar-refractivity contribution in [3.8, 4) is 5.75 Å². The number of carbonyl (C=O) groups is 2. The van der Waals surface area contributed by atoms with E-state index in [0.717, 1.165) is 10.0 Å². The van der Waals surface area contributed by atoms with E-state index >= 15 is 0 Å². The zero-order chi connectivity index (χ0) is 22.7. The molecule has 0 aliphatic carbocycles. The molecule has 7 heteroatoms. The zero-order valence-electron chi connectivity index (χ0n) is 18.1. The first-order chi connectivity index (χ1) is 14.7. The van der Waals surface area contributed by atoms with Gasteiger partial charge in [-0.1, -0.05) is 40.2 Å². The van der Waals surface area contributed by atoms with Crippen LogP contribution in [0.4, 0.5) is 0 Å². The van der Waals surface area contributed by atoms with E-state index in [2.05, 4.69) is 15.9 Å². The lowest BCUT2D eigenvalue weighted by molar-refractivity contribution is -0.140. The summed E-state index contributed by atoms with van der Waals surface area (Å²) in [5.74, 6) is -0.826. The number of amides is 1. The first-order valence-electron chi connectivity index (χ1n) is 10.1. The summed E-state index contributed by atoms with van der Waals surface area (Å²) in [4.78, 5) is 29.4. The molecule has 0 radical (unpaired) electrons. The Morgan fingerprint density at radius 1 is 1.16 bits per heavy atom. The molecule has 2 aromatic carbocycles. The lowest BCUT2D eigenvalue weighted by Gasteiger charge is -2.27. The third-order valence-electron chi connectivity index (χ3n) is 4.99. The molecule has 0 spiro atoms. The van der Waals surface area contributed by atoms with Crippen LogP contribution >= 0.6 is 15.9 Å². The number of ether oxygens (including phenoxy) is 1. The van der Waals surface area contributed by atoms with E-state index in [1.807, 2.05) is 57.1 Å². The molecule has 0 saturated carbocycles. The van der Waals surface area contributed by atoms with Crippen LogP contribution in [0.15, 0.2) is 58.6 Å². The minimum atomic E-state index is -0.695. The highest BCUT2D eigenvalue weighted by atomic mass is 79.9. The van der Waals surface area contributed by atoms with Gasteiger partial charge in [-0.05, 0) is 57.8 Å². The van der Waals surface area contributed by atoms with Gasteiger partial charge in [-0.3, -0.25) is 9.59 Å². The van der Waals surface area contributed by atoms with Crippen LogP contribution in [0.5, 0.6) is 5.75 Å². The summed E-state index contributed by atoms with van der Waals surface area (Å²) in [6.07, 6.45) is -0.0156. The highest BCUT2D eigenvalue weighted by molar-refractivity contribution is 9.10. The molecule has 1 unspecified atom stereocenters. The van der Waals surface area contributed by atoms with Gasteiger partial charge < -0.3 is 19.6 Å². The van der Waals surface area contributed by atoms with Gasteiger partial charge in [0.15, 0.2) is 0 Å². The molecule has 3 rings (SSSR count). The third kappa shape index (κ3) is 5.17. The molecule has 31 heavy (non-hydrogen) atoms. The summed E-state index contributed by atoms with van der Waals surface area (Å²) in [5, 5.41) is 11.1. The van der Waals surface area contributed by atoms with Crippen molar-refractivity contribution < 1.29 is 19.4 Å². The average Bonchev–Trinajstić information content (AvgIpc) is 2.96. The van der Waals surface area contributed by atoms with Gasteiger partial charge in [0.05, 0.1) is 17.7 Å². The molecule has 1 saturated heterocycles. The molecule has 1 fully saturated rings. The second-order valence-corrected chi connectivity index (χ2v) is 8.96. The van der Waals surface area contributed by atoms with Crippen LogP contribution in [0, 0.1) is 0 Å². The standard InChI is InChI=1S/C24H27BrN2O4/c1-15(2)31-19-7-5-6-17(14-19)21-20(22(28)16-8-10-18(25)11-9-16)23(29)24(30)27(21)13-12-26(3)4/h5-11,14-15,21,28H,12-13H2,1-4H3/b22-20-. The van der Waals surface area contributed by atoms with E-state index in [4.69, 9.17) is 4.74 Å². The summed E-state index contributed by atoms with van der Waals surface area (Å²) in [7, 11) is 3.81. The number of nitrogens with zero attached hydrogens (tertiary/aromatic N) is 2. The normalized spacial score (nSPS) is 18.3. The molecule has 1 aliphatic rings. The van der Waals surface area contributed by atoms with Crippen molar-refractivity contribution in [1.82, 2.24) is 9.80 Å². The zero-order valence-corrected chi connectivity index (χ0v) is 19.7. The Kier molecular flexibility index (Phi) is 7.18. The van der Waals surface area contributed by atoms with Gasteiger partial charge in [-0.2, -0.15) is 0 Å². The van der Waals surface area contributed by atoms with Gasteiger partial charge in [0, 0.05) is 23.1 Å². The molecule has 1 amide bonds. The Balaban J connectivity index is 2.13. The maximum absolute atomic E-state index is 13.0. The van der Waals surface area contributed by atoms with Crippen molar-refractivity contribution in [1.29, 1.82) is 0 Å². The van der Waals surface area contributed by atoms with Crippen molar-refractivity contribution in [3.63, 3.8) is 0 Å². The Morgan fingerprint density at radius 3 is 2.45 bits per heavy atom. The van der Waals surface area contributed by atoms with Crippen molar-refractivity contribution in [2.75, 3.05) is 27.2 Å². The number of ketones is 1. The minimum Gasteiger partial charge on any atom is -0.507 e. The topological polar surface area (TPSA) is 70.1 Å². The Bertz CT molecular complexity index is 999. The highest BCUT2D eigenvalue weighted by Gasteiger charge is 2.46. The number of Topliss-reactive ketones (excluding diaryl/α,β-unsaturated/α-hetero) is 1. The summed E-state index contributed by atoms with van der Waals surface area (Å²) in [5.41, 5.74) is 1.29. The van der Waals surface area contributed by atoms with Gasteiger partial charge in [0.2, 0.25) is 0 Å². The minimum absolute atomic E-state index is 0.0156. The van der Waals surface area contributed by atoms with Crippen molar-refractivity contribution >= 4 is 33.4 Å². The van der Waals surface area contributed by atoms with Crippen molar-refractivity contribution in [2.45, 2.75) is 26.0 Å². The van der Waals surface area contributed by atoms with E-state index in [-0.39, 0.29) is 17.4 Å².